The van der Waals surface area contributed by atoms with E-state index in [9.17, 15) is 9.59 Å². The zero-order chi connectivity index (χ0) is 9.40. The minimum absolute atomic E-state index is 0.356. The van der Waals surface area contributed by atoms with E-state index in [0.717, 1.165) is 12.2 Å². The van der Waals surface area contributed by atoms with Crippen LogP contribution >= 0.6 is 0 Å². The number of hydrogen-bond donors (Lipinski definition) is 2. The molecular formula is C7H12N2O3. The molecule has 0 aromatic rings. The number of nitrogens with two attached hydrogens (primary N) is 1. The fourth-order valence-electron chi connectivity index (χ4n) is 0.493. The van der Waals surface area contributed by atoms with Gasteiger partial charge in [0.2, 0.25) is 11.8 Å². The van der Waals surface area contributed by atoms with Crippen molar-refractivity contribution >= 4 is 11.8 Å². The van der Waals surface area contributed by atoms with Crippen LogP contribution in [-0.4, -0.2) is 32.1 Å². The highest BCUT2D eigenvalue weighted by Crippen LogP contribution is 1.72. The van der Waals surface area contributed by atoms with E-state index in [0.29, 0.717) is 13.2 Å². The summed E-state index contributed by atoms with van der Waals surface area (Å²) in [4.78, 5) is 20.9. The third-order valence-corrected chi connectivity index (χ3v) is 1.00. The Morgan fingerprint density at radius 1 is 1.50 bits per heavy atom. The van der Waals surface area contributed by atoms with Gasteiger partial charge in [-0.15, -0.1) is 0 Å². The molecule has 0 aromatic heterocycles. The molecule has 0 fully saturated rings. The predicted octanol–water partition coefficient (Wildman–Crippen LogP) is -1.21. The smallest absolute Gasteiger partial charge is 0.244 e. The number of carbonyl (C=O) groups excluding carboxylic acids is 2. The SMILES string of the molecule is COCCNC(=O)/C=C\C(N)=O. The van der Waals surface area contributed by atoms with Gasteiger partial charge in [-0.25, -0.2) is 0 Å². The number of rotatable bonds is 5. The second kappa shape index (κ2) is 6.36. The molecule has 0 aliphatic carbocycles. The van der Waals surface area contributed by atoms with Crippen LogP contribution in [0, 0.1) is 0 Å². The number of amides is 2. The van der Waals surface area contributed by atoms with Crippen LogP contribution in [0.25, 0.3) is 0 Å². The maximum absolute atomic E-state index is 10.8. The quantitative estimate of drug-likeness (QED) is 0.403. The number of carbonyl (C=O) groups is 2. The molecule has 5 nitrogen and oxygen atoms in total. The maximum Gasteiger partial charge on any atom is 0.244 e. The molecule has 0 heterocycles. The van der Waals surface area contributed by atoms with Crippen LogP contribution in [-0.2, 0) is 14.3 Å². The summed E-state index contributed by atoms with van der Waals surface area (Å²) in [6.45, 7) is 0.856. The molecule has 0 bridgehead atoms. The van der Waals surface area contributed by atoms with Crippen molar-refractivity contribution in [1.82, 2.24) is 5.32 Å². The number of methoxy groups -OCH3 is 1. The lowest BCUT2D eigenvalue weighted by molar-refractivity contribution is -0.117. The molecule has 0 rings (SSSR count). The van der Waals surface area contributed by atoms with E-state index in [1.54, 1.807) is 0 Å². The number of primary amides is 1. The van der Waals surface area contributed by atoms with Gasteiger partial charge >= 0.3 is 0 Å². The van der Waals surface area contributed by atoms with E-state index < -0.39 is 5.91 Å². The van der Waals surface area contributed by atoms with Gasteiger partial charge < -0.3 is 15.8 Å². The van der Waals surface area contributed by atoms with E-state index in [2.05, 4.69) is 10.1 Å². The van der Waals surface area contributed by atoms with Crippen LogP contribution in [0.3, 0.4) is 0 Å². The second-order valence-corrected chi connectivity index (χ2v) is 2.02. The van der Waals surface area contributed by atoms with Gasteiger partial charge in [0, 0.05) is 25.8 Å². The topological polar surface area (TPSA) is 81.4 Å². The standard InChI is InChI=1S/C7H12N2O3/c1-12-5-4-9-7(11)3-2-6(8)10/h2-3H,4-5H2,1H3,(H2,8,10)(H,9,11)/b3-2-. The first kappa shape index (κ1) is 10.6. The molecule has 0 radical (unpaired) electrons. The highest BCUT2D eigenvalue weighted by molar-refractivity contribution is 5.95. The second-order valence-electron chi connectivity index (χ2n) is 2.02. The van der Waals surface area contributed by atoms with Gasteiger partial charge in [0.25, 0.3) is 0 Å². The maximum atomic E-state index is 10.8. The van der Waals surface area contributed by atoms with Crippen LogP contribution in [0.15, 0.2) is 12.2 Å². The Labute approximate surface area is 70.6 Å². The van der Waals surface area contributed by atoms with Gasteiger partial charge in [-0.2, -0.15) is 0 Å². The number of nitrogens with one attached hydrogen (secondary N) is 1. The summed E-state index contributed by atoms with van der Waals surface area (Å²) in [5.74, 6) is -0.997. The summed E-state index contributed by atoms with van der Waals surface area (Å²) in [5.41, 5.74) is 4.77. The van der Waals surface area contributed by atoms with Crippen LogP contribution in [0.4, 0.5) is 0 Å². The zero-order valence-corrected chi connectivity index (χ0v) is 6.87. The normalized spacial score (nSPS) is 10.1. The number of ether oxygens (including phenoxy) is 1. The zero-order valence-electron chi connectivity index (χ0n) is 6.87. The highest BCUT2D eigenvalue weighted by atomic mass is 16.5. The van der Waals surface area contributed by atoms with Gasteiger partial charge in [-0.3, -0.25) is 9.59 Å². The van der Waals surface area contributed by atoms with Crippen molar-refractivity contribution in [2.24, 2.45) is 5.73 Å². The lowest BCUT2D eigenvalue weighted by atomic mass is 10.4. The molecule has 3 N–H and O–H groups in total. The van der Waals surface area contributed by atoms with E-state index in [-0.39, 0.29) is 5.91 Å². The molecule has 0 spiro atoms. The summed E-state index contributed by atoms with van der Waals surface area (Å²) in [7, 11) is 1.53. The Morgan fingerprint density at radius 3 is 2.67 bits per heavy atom. The summed E-state index contributed by atoms with van der Waals surface area (Å²) in [6, 6.07) is 0. The molecule has 0 aromatic carbocycles. The Balaban J connectivity index is 3.53. The molecule has 12 heavy (non-hydrogen) atoms. The number of hydrogen-bond acceptors (Lipinski definition) is 3. The minimum Gasteiger partial charge on any atom is -0.383 e. The van der Waals surface area contributed by atoms with Crippen molar-refractivity contribution in [3.8, 4) is 0 Å². The van der Waals surface area contributed by atoms with Gasteiger partial charge in [-0.05, 0) is 0 Å². The lowest BCUT2D eigenvalue weighted by Crippen LogP contribution is -2.25. The first-order valence-corrected chi connectivity index (χ1v) is 3.41. The molecule has 68 valence electrons. The fourth-order valence-corrected chi connectivity index (χ4v) is 0.493. The molecule has 2 amide bonds. The molecule has 0 atom stereocenters. The van der Waals surface area contributed by atoms with Crippen LogP contribution in [0.5, 0.6) is 0 Å². The van der Waals surface area contributed by atoms with Crippen LogP contribution < -0.4 is 11.1 Å². The Hall–Kier alpha value is -1.36. The molecule has 5 heteroatoms. The Morgan fingerprint density at radius 2 is 2.17 bits per heavy atom. The van der Waals surface area contributed by atoms with Crippen molar-refractivity contribution in [3.05, 3.63) is 12.2 Å². The molecule has 0 aliphatic rings. The Bertz CT molecular complexity index is 189. The first-order chi connectivity index (χ1) is 5.66. The van der Waals surface area contributed by atoms with E-state index in [1.807, 2.05) is 0 Å². The van der Waals surface area contributed by atoms with E-state index in [1.165, 1.54) is 7.11 Å². The van der Waals surface area contributed by atoms with Crippen molar-refractivity contribution < 1.29 is 14.3 Å². The third-order valence-electron chi connectivity index (χ3n) is 1.00. The van der Waals surface area contributed by atoms with Crippen molar-refractivity contribution in [3.63, 3.8) is 0 Å². The molecule has 0 aliphatic heterocycles. The van der Waals surface area contributed by atoms with E-state index in [4.69, 9.17) is 5.73 Å². The Kier molecular flexibility index (Phi) is 5.64. The van der Waals surface area contributed by atoms with Gasteiger partial charge in [0.1, 0.15) is 0 Å². The molecule has 0 saturated heterocycles. The first-order valence-electron chi connectivity index (χ1n) is 3.41. The highest BCUT2D eigenvalue weighted by Gasteiger charge is 1.93. The van der Waals surface area contributed by atoms with Crippen molar-refractivity contribution in [2.45, 2.75) is 0 Å². The van der Waals surface area contributed by atoms with Gasteiger partial charge in [0.05, 0.1) is 6.61 Å². The average molecular weight is 172 g/mol. The largest absolute Gasteiger partial charge is 0.383 e. The third kappa shape index (κ3) is 6.76. The lowest BCUT2D eigenvalue weighted by Gasteiger charge is -1.98. The van der Waals surface area contributed by atoms with Gasteiger partial charge in [-0.1, -0.05) is 0 Å². The predicted molar refractivity (Wildman–Crippen MR) is 43.2 cm³/mol. The van der Waals surface area contributed by atoms with E-state index >= 15 is 0 Å². The van der Waals surface area contributed by atoms with Crippen LogP contribution in [0.1, 0.15) is 0 Å². The summed E-state index contributed by atoms with van der Waals surface area (Å²) in [5, 5.41) is 2.48. The summed E-state index contributed by atoms with van der Waals surface area (Å²) < 4.78 is 4.69. The van der Waals surface area contributed by atoms with Gasteiger partial charge in [0.15, 0.2) is 0 Å². The monoisotopic (exact) mass is 172 g/mol. The summed E-state index contributed by atoms with van der Waals surface area (Å²) >= 11 is 0. The summed E-state index contributed by atoms with van der Waals surface area (Å²) in [6.07, 6.45) is 2.08. The fraction of sp³-hybridized carbons (Fsp3) is 0.429. The van der Waals surface area contributed by atoms with Crippen molar-refractivity contribution in [1.29, 1.82) is 0 Å². The molecule has 0 unspecified atom stereocenters. The average Bonchev–Trinajstić information content (AvgIpc) is 2.01. The minimum atomic E-state index is -0.642. The molecule has 0 saturated carbocycles. The van der Waals surface area contributed by atoms with Crippen LogP contribution in [0.2, 0.25) is 0 Å². The molecular weight excluding hydrogens is 160 g/mol. The van der Waals surface area contributed by atoms with Crippen molar-refractivity contribution in [2.75, 3.05) is 20.3 Å².